The van der Waals surface area contributed by atoms with E-state index in [1.807, 2.05) is 0 Å². The lowest BCUT2D eigenvalue weighted by atomic mass is 9.94. The summed E-state index contributed by atoms with van der Waals surface area (Å²) in [6.45, 7) is 14.8. The highest BCUT2D eigenvalue weighted by Gasteiger charge is 2.19. The first-order valence-electron chi connectivity index (χ1n) is 9.33. The van der Waals surface area contributed by atoms with Crippen molar-refractivity contribution < 1.29 is 4.42 Å². The predicted octanol–water partition coefficient (Wildman–Crippen LogP) is 4.14. The lowest BCUT2D eigenvalue weighted by Gasteiger charge is -2.16. The summed E-state index contributed by atoms with van der Waals surface area (Å²) in [5.74, 6) is 2.70. The number of nitrogens with zero attached hydrogens (tertiary/aromatic N) is 2. The molecular formula is C21H32N4O. The number of aromatic nitrogens is 1. The maximum absolute atomic E-state index is 5.81. The first-order valence-corrected chi connectivity index (χ1v) is 9.33. The summed E-state index contributed by atoms with van der Waals surface area (Å²) >= 11 is 0. The van der Waals surface area contributed by atoms with Crippen LogP contribution in [0.3, 0.4) is 0 Å². The monoisotopic (exact) mass is 356 g/mol. The molecule has 0 aliphatic heterocycles. The van der Waals surface area contributed by atoms with E-state index in [2.05, 4.69) is 86.4 Å². The minimum atomic E-state index is -0.0405. The number of nitrogens with one attached hydrogen (secondary N) is 2. The Bertz CT molecular complexity index is 710. The number of guanidine groups is 1. The lowest BCUT2D eigenvalue weighted by molar-refractivity contribution is 0.383. The average molecular weight is 357 g/mol. The second-order valence-corrected chi connectivity index (χ2v) is 7.76. The quantitative estimate of drug-likeness (QED) is 0.603. The Morgan fingerprint density at radius 3 is 2.46 bits per heavy atom. The molecule has 0 spiro atoms. The smallest absolute Gasteiger partial charge is 0.216 e. The van der Waals surface area contributed by atoms with E-state index in [1.165, 1.54) is 11.1 Å². The zero-order valence-electron chi connectivity index (χ0n) is 16.9. The summed E-state index contributed by atoms with van der Waals surface area (Å²) in [7, 11) is 0. The van der Waals surface area contributed by atoms with Crippen molar-refractivity contribution in [1.82, 2.24) is 15.6 Å². The van der Waals surface area contributed by atoms with Gasteiger partial charge in [0.15, 0.2) is 5.96 Å². The number of aliphatic imine (C=N–C) groups is 1. The molecule has 142 valence electrons. The van der Waals surface area contributed by atoms with E-state index in [0.717, 1.165) is 24.8 Å². The number of rotatable bonds is 6. The SMILES string of the molecule is CCNC(=NCc1ncc(C(C)(C)C)o1)NCC(C)c1ccc(C)cc1. The van der Waals surface area contributed by atoms with Gasteiger partial charge in [-0.15, -0.1) is 0 Å². The molecule has 0 amide bonds. The molecule has 0 radical (unpaired) electrons. The van der Waals surface area contributed by atoms with Gasteiger partial charge in [-0.3, -0.25) is 0 Å². The van der Waals surface area contributed by atoms with Gasteiger partial charge in [-0.2, -0.15) is 0 Å². The summed E-state index contributed by atoms with van der Waals surface area (Å²) in [4.78, 5) is 8.93. The fourth-order valence-corrected chi connectivity index (χ4v) is 2.48. The Morgan fingerprint density at radius 1 is 1.19 bits per heavy atom. The zero-order chi connectivity index (χ0) is 19.2. The Labute approximate surface area is 157 Å². The van der Waals surface area contributed by atoms with Crippen molar-refractivity contribution in [3.05, 3.63) is 53.2 Å². The maximum atomic E-state index is 5.81. The Morgan fingerprint density at radius 2 is 1.88 bits per heavy atom. The van der Waals surface area contributed by atoms with Gasteiger partial charge in [0, 0.05) is 18.5 Å². The fraction of sp³-hybridized carbons (Fsp3) is 0.524. The molecule has 0 saturated carbocycles. The van der Waals surface area contributed by atoms with Crippen LogP contribution in [0.15, 0.2) is 39.9 Å². The first kappa shape index (κ1) is 20.0. The number of aryl methyl sites for hydroxylation is 1. The van der Waals surface area contributed by atoms with Crippen molar-refractivity contribution in [1.29, 1.82) is 0 Å². The highest BCUT2D eigenvalue weighted by Crippen LogP contribution is 2.22. The van der Waals surface area contributed by atoms with Crippen molar-refractivity contribution in [3.63, 3.8) is 0 Å². The highest BCUT2D eigenvalue weighted by molar-refractivity contribution is 5.79. The van der Waals surface area contributed by atoms with E-state index in [9.17, 15) is 0 Å². The van der Waals surface area contributed by atoms with E-state index < -0.39 is 0 Å². The van der Waals surface area contributed by atoms with Crippen LogP contribution >= 0.6 is 0 Å². The van der Waals surface area contributed by atoms with Crippen molar-refractivity contribution in [2.24, 2.45) is 4.99 Å². The molecule has 5 nitrogen and oxygen atoms in total. The van der Waals surface area contributed by atoms with Gasteiger partial charge in [-0.25, -0.2) is 9.98 Å². The normalized spacial score (nSPS) is 13.5. The molecule has 0 aliphatic rings. The van der Waals surface area contributed by atoms with Crippen LogP contribution in [-0.2, 0) is 12.0 Å². The molecule has 2 rings (SSSR count). The minimum absolute atomic E-state index is 0.0405. The predicted molar refractivity (Wildman–Crippen MR) is 108 cm³/mol. The molecule has 2 aromatic rings. The topological polar surface area (TPSA) is 62.5 Å². The largest absolute Gasteiger partial charge is 0.443 e. The minimum Gasteiger partial charge on any atom is -0.443 e. The molecule has 1 aromatic carbocycles. The third-order valence-electron chi connectivity index (χ3n) is 4.23. The van der Waals surface area contributed by atoms with Crippen LogP contribution < -0.4 is 10.6 Å². The van der Waals surface area contributed by atoms with Crippen molar-refractivity contribution in [2.45, 2.75) is 59.4 Å². The average Bonchev–Trinajstić information content (AvgIpc) is 3.07. The Balaban J connectivity index is 1.95. The molecular weight excluding hydrogens is 324 g/mol. The molecule has 0 saturated heterocycles. The Kier molecular flexibility index (Phi) is 6.83. The van der Waals surface area contributed by atoms with E-state index in [1.54, 1.807) is 6.20 Å². The van der Waals surface area contributed by atoms with Gasteiger partial charge >= 0.3 is 0 Å². The molecule has 5 heteroatoms. The molecule has 1 heterocycles. The van der Waals surface area contributed by atoms with Crippen LogP contribution in [0.5, 0.6) is 0 Å². The maximum Gasteiger partial charge on any atom is 0.216 e. The summed E-state index contributed by atoms with van der Waals surface area (Å²) < 4.78 is 5.81. The number of hydrogen-bond donors (Lipinski definition) is 2. The van der Waals surface area contributed by atoms with Gasteiger partial charge in [0.25, 0.3) is 0 Å². The van der Waals surface area contributed by atoms with Gasteiger partial charge in [0.2, 0.25) is 5.89 Å². The number of benzene rings is 1. The van der Waals surface area contributed by atoms with Gasteiger partial charge in [0.1, 0.15) is 12.3 Å². The van der Waals surface area contributed by atoms with Gasteiger partial charge in [-0.1, -0.05) is 57.5 Å². The van der Waals surface area contributed by atoms with Crippen molar-refractivity contribution in [2.75, 3.05) is 13.1 Å². The summed E-state index contributed by atoms with van der Waals surface area (Å²) in [6, 6.07) is 8.68. The third-order valence-corrected chi connectivity index (χ3v) is 4.23. The lowest BCUT2D eigenvalue weighted by Crippen LogP contribution is -2.39. The standard InChI is InChI=1S/C21H32N4O/c1-7-22-20(24-12-16(3)17-10-8-15(2)9-11-17)25-14-19-23-13-18(26-19)21(4,5)6/h8-11,13,16H,7,12,14H2,1-6H3,(H2,22,24,25). The van der Waals surface area contributed by atoms with Crippen LogP contribution in [0.1, 0.15) is 63.3 Å². The van der Waals surface area contributed by atoms with Crippen LogP contribution in [0.2, 0.25) is 0 Å². The van der Waals surface area contributed by atoms with Crippen LogP contribution in [0, 0.1) is 6.92 Å². The van der Waals surface area contributed by atoms with Crippen molar-refractivity contribution >= 4 is 5.96 Å². The van der Waals surface area contributed by atoms with E-state index >= 15 is 0 Å². The second-order valence-electron chi connectivity index (χ2n) is 7.76. The second kappa shape index (κ2) is 8.88. The Hall–Kier alpha value is -2.30. The zero-order valence-corrected chi connectivity index (χ0v) is 16.9. The van der Waals surface area contributed by atoms with E-state index in [0.29, 0.717) is 18.4 Å². The summed E-state index contributed by atoms with van der Waals surface area (Å²) in [6.07, 6.45) is 1.80. The van der Waals surface area contributed by atoms with Crippen LogP contribution in [-0.4, -0.2) is 24.0 Å². The number of oxazole rings is 1. The van der Waals surface area contributed by atoms with Crippen molar-refractivity contribution in [3.8, 4) is 0 Å². The molecule has 0 bridgehead atoms. The van der Waals surface area contributed by atoms with Gasteiger partial charge in [-0.05, 0) is 25.3 Å². The molecule has 0 fully saturated rings. The summed E-state index contributed by atoms with van der Waals surface area (Å²) in [5.41, 5.74) is 2.56. The molecule has 26 heavy (non-hydrogen) atoms. The molecule has 1 atom stereocenters. The molecule has 0 aliphatic carbocycles. The number of hydrogen-bond acceptors (Lipinski definition) is 3. The molecule has 1 aromatic heterocycles. The highest BCUT2D eigenvalue weighted by atomic mass is 16.4. The fourth-order valence-electron chi connectivity index (χ4n) is 2.48. The van der Waals surface area contributed by atoms with E-state index in [4.69, 9.17) is 4.42 Å². The first-order chi connectivity index (χ1) is 12.3. The molecule has 1 unspecified atom stereocenters. The third kappa shape index (κ3) is 5.90. The van der Waals surface area contributed by atoms with Gasteiger partial charge < -0.3 is 15.1 Å². The van der Waals surface area contributed by atoms with Gasteiger partial charge in [0.05, 0.1) is 6.20 Å². The molecule has 2 N–H and O–H groups in total. The summed E-state index contributed by atoms with van der Waals surface area (Å²) in [5, 5.41) is 6.69. The van der Waals surface area contributed by atoms with Crippen LogP contribution in [0.25, 0.3) is 0 Å². The van der Waals surface area contributed by atoms with Crippen LogP contribution in [0.4, 0.5) is 0 Å². The van der Waals surface area contributed by atoms with E-state index in [-0.39, 0.29) is 5.41 Å².